The molecule has 2 fully saturated rings. The fourth-order valence-corrected chi connectivity index (χ4v) is 7.61. The Labute approximate surface area is 221 Å². The number of hydrogen-bond donors (Lipinski definition) is 2. The Bertz CT molecular complexity index is 1120. The summed E-state index contributed by atoms with van der Waals surface area (Å²) in [6.07, 6.45) is 9.10. The summed E-state index contributed by atoms with van der Waals surface area (Å²) in [6.45, 7) is 13.2. The number of nitrogens with one attached hydrogen (secondary N) is 1. The lowest BCUT2D eigenvalue weighted by Crippen LogP contribution is -2.50. The highest BCUT2D eigenvalue weighted by Crippen LogP contribution is 2.56. The minimum atomic E-state index is -0.986. The van der Waals surface area contributed by atoms with E-state index in [4.69, 9.17) is 0 Å². The molecule has 0 aromatic heterocycles. The van der Waals surface area contributed by atoms with Crippen LogP contribution in [-0.4, -0.2) is 22.7 Å². The van der Waals surface area contributed by atoms with Crippen molar-refractivity contribution in [1.29, 1.82) is 0 Å². The monoisotopic (exact) mass is 505 g/mol. The van der Waals surface area contributed by atoms with Gasteiger partial charge in [0, 0.05) is 11.8 Å². The first-order valence-corrected chi connectivity index (χ1v) is 14.0. The predicted octanol–water partition coefficient (Wildman–Crippen LogP) is 6.02. The molecule has 0 bridgehead atoms. The fourth-order valence-electron chi connectivity index (χ4n) is 7.61. The van der Waals surface area contributed by atoms with Gasteiger partial charge in [0.2, 0.25) is 11.8 Å². The molecule has 0 radical (unpaired) electrons. The molecule has 1 saturated carbocycles. The van der Waals surface area contributed by atoms with E-state index < -0.39 is 17.7 Å². The molecule has 1 aromatic carbocycles. The molecule has 4 rings (SSSR count). The Balaban J connectivity index is 1.76. The zero-order chi connectivity index (χ0) is 27.1. The molecule has 2 N–H and O–H groups in total. The molecule has 8 atom stereocenters. The molecule has 5 heteroatoms. The van der Waals surface area contributed by atoms with Crippen molar-refractivity contribution in [3.63, 3.8) is 0 Å². The lowest BCUT2D eigenvalue weighted by atomic mass is 9.51. The maximum Gasteiger partial charge on any atom is 0.237 e. The molecular formula is C32H43NO4. The molecular weight excluding hydrogens is 462 g/mol. The zero-order valence-electron chi connectivity index (χ0n) is 23.2. The molecule has 2 amide bonds. The number of aromatic hydroxyl groups is 1. The summed E-state index contributed by atoms with van der Waals surface area (Å²) in [7, 11) is 0. The molecule has 1 heterocycles. The van der Waals surface area contributed by atoms with Gasteiger partial charge in [0.05, 0.1) is 5.92 Å². The summed E-state index contributed by atoms with van der Waals surface area (Å²) in [5, 5.41) is 12.1. The van der Waals surface area contributed by atoms with Crippen molar-refractivity contribution < 1.29 is 19.5 Å². The number of phenolic OH excluding ortho intramolecular Hbond substituents is 1. The third kappa shape index (κ3) is 5.32. The highest BCUT2D eigenvalue weighted by Gasteiger charge is 2.55. The van der Waals surface area contributed by atoms with Gasteiger partial charge in [-0.15, -0.1) is 0 Å². The first-order chi connectivity index (χ1) is 17.4. The van der Waals surface area contributed by atoms with Crippen molar-refractivity contribution in [3.8, 4) is 5.75 Å². The van der Waals surface area contributed by atoms with Crippen LogP contribution in [0.2, 0.25) is 0 Å². The summed E-state index contributed by atoms with van der Waals surface area (Å²) < 4.78 is 0. The van der Waals surface area contributed by atoms with Crippen molar-refractivity contribution >= 4 is 17.6 Å². The minimum absolute atomic E-state index is 0.0502. The van der Waals surface area contributed by atoms with Crippen molar-refractivity contribution in [2.75, 3.05) is 0 Å². The Morgan fingerprint density at radius 2 is 1.84 bits per heavy atom. The van der Waals surface area contributed by atoms with Gasteiger partial charge in [-0.1, -0.05) is 76.0 Å². The predicted molar refractivity (Wildman–Crippen MR) is 146 cm³/mol. The van der Waals surface area contributed by atoms with Gasteiger partial charge in [0.1, 0.15) is 17.5 Å². The Hall–Kier alpha value is -2.69. The van der Waals surface area contributed by atoms with Crippen LogP contribution in [0.3, 0.4) is 0 Å². The number of benzene rings is 1. The summed E-state index contributed by atoms with van der Waals surface area (Å²) in [6, 6.07) is 6.65. The summed E-state index contributed by atoms with van der Waals surface area (Å²) >= 11 is 0. The molecule has 2 aliphatic carbocycles. The number of hydrogen-bond acceptors (Lipinski definition) is 4. The number of carbonyl (C=O) groups is 3. The Morgan fingerprint density at radius 1 is 1.16 bits per heavy atom. The lowest BCUT2D eigenvalue weighted by molar-refractivity contribution is -0.140. The number of ketones is 1. The van der Waals surface area contributed by atoms with E-state index in [9.17, 15) is 19.5 Å². The molecule has 0 spiro atoms. The first kappa shape index (κ1) is 27.3. The second-order valence-corrected chi connectivity index (χ2v) is 12.4. The van der Waals surface area contributed by atoms with E-state index in [2.05, 4.69) is 59.0 Å². The molecule has 1 aliphatic heterocycles. The number of rotatable bonds is 7. The van der Waals surface area contributed by atoms with Gasteiger partial charge in [0.25, 0.3) is 0 Å². The average molecular weight is 506 g/mol. The molecule has 37 heavy (non-hydrogen) atoms. The second kappa shape index (κ2) is 10.6. The van der Waals surface area contributed by atoms with Crippen LogP contribution >= 0.6 is 0 Å². The molecule has 1 unspecified atom stereocenters. The van der Waals surface area contributed by atoms with Crippen LogP contribution in [0, 0.1) is 46.8 Å². The Kier molecular flexibility index (Phi) is 7.83. The minimum Gasteiger partial charge on any atom is -0.508 e. The number of imide groups is 1. The van der Waals surface area contributed by atoms with E-state index in [0.29, 0.717) is 18.3 Å². The van der Waals surface area contributed by atoms with E-state index >= 15 is 0 Å². The van der Waals surface area contributed by atoms with Gasteiger partial charge >= 0.3 is 0 Å². The SMILES string of the molecule is CCC(C)/C=C(\C)[C@H]1C(C)=C[C@]2(C)C[C@H](C)CC[C@H]2[C@@H]1C(=O)[C@H]1C(=O)NC(=O)[C@@H]1Cc1ccc(O)cc1. The lowest BCUT2D eigenvalue weighted by Gasteiger charge is -2.52. The molecule has 5 nitrogen and oxygen atoms in total. The van der Waals surface area contributed by atoms with E-state index in [-0.39, 0.29) is 40.6 Å². The maximum atomic E-state index is 14.6. The van der Waals surface area contributed by atoms with Gasteiger partial charge in [-0.25, -0.2) is 0 Å². The van der Waals surface area contributed by atoms with Crippen LogP contribution in [-0.2, 0) is 20.8 Å². The average Bonchev–Trinajstić information content (AvgIpc) is 3.10. The van der Waals surface area contributed by atoms with Crippen LogP contribution in [0.25, 0.3) is 0 Å². The summed E-state index contributed by atoms with van der Waals surface area (Å²) in [4.78, 5) is 40.7. The highest BCUT2D eigenvalue weighted by molar-refractivity contribution is 6.16. The van der Waals surface area contributed by atoms with E-state index in [1.165, 1.54) is 11.1 Å². The van der Waals surface area contributed by atoms with Crippen molar-refractivity contribution in [3.05, 3.63) is 53.1 Å². The van der Waals surface area contributed by atoms with Crippen LogP contribution in [0.4, 0.5) is 0 Å². The van der Waals surface area contributed by atoms with E-state index in [1.807, 2.05) is 0 Å². The fraction of sp³-hybridized carbons (Fsp3) is 0.594. The number of phenols is 1. The number of carbonyl (C=O) groups excluding carboxylic acids is 3. The van der Waals surface area contributed by atoms with Crippen LogP contribution < -0.4 is 5.32 Å². The number of fused-ring (bicyclic) bond motifs is 1. The van der Waals surface area contributed by atoms with Gasteiger partial charge < -0.3 is 5.11 Å². The molecule has 3 aliphatic rings. The van der Waals surface area contributed by atoms with Gasteiger partial charge in [0.15, 0.2) is 0 Å². The molecule has 200 valence electrons. The molecule has 1 aromatic rings. The van der Waals surface area contributed by atoms with Crippen LogP contribution in [0.1, 0.15) is 72.8 Å². The first-order valence-electron chi connectivity index (χ1n) is 14.0. The smallest absolute Gasteiger partial charge is 0.237 e. The van der Waals surface area contributed by atoms with Crippen molar-refractivity contribution in [1.82, 2.24) is 5.32 Å². The van der Waals surface area contributed by atoms with Crippen molar-refractivity contribution in [2.24, 2.45) is 46.8 Å². The summed E-state index contributed by atoms with van der Waals surface area (Å²) in [5.41, 5.74) is 3.14. The second-order valence-electron chi connectivity index (χ2n) is 12.4. The normalized spacial score (nSPS) is 35.0. The van der Waals surface area contributed by atoms with Crippen LogP contribution in [0.5, 0.6) is 5.75 Å². The maximum absolute atomic E-state index is 14.6. The standard InChI is InChI=1S/C32H43NO4/c1-7-18(2)14-20(4)26-21(5)17-32(6)16-19(3)8-13-25(32)28(26)29(35)27-24(30(36)33-31(27)37)15-22-9-11-23(34)12-10-22/h9-12,14,17-19,24-28,34H,7-8,13,15-16H2,1-6H3,(H,33,36,37)/b20-14+/t18?,19-,24-,25+,26+,27+,28+,32+/m1/s1. The highest BCUT2D eigenvalue weighted by atomic mass is 16.3. The quantitative estimate of drug-likeness (QED) is 0.270. The topological polar surface area (TPSA) is 83.5 Å². The summed E-state index contributed by atoms with van der Waals surface area (Å²) in [5.74, 6) is -1.72. The van der Waals surface area contributed by atoms with Gasteiger partial charge in [-0.3, -0.25) is 19.7 Å². The van der Waals surface area contributed by atoms with Crippen LogP contribution in [0.15, 0.2) is 47.6 Å². The third-order valence-corrected chi connectivity index (χ3v) is 9.42. The van der Waals surface area contributed by atoms with E-state index in [0.717, 1.165) is 31.2 Å². The largest absolute Gasteiger partial charge is 0.508 e. The van der Waals surface area contributed by atoms with Gasteiger partial charge in [-0.2, -0.15) is 0 Å². The number of Topliss-reactive ketones (excluding diaryl/α,β-unsaturated/α-hetero) is 1. The zero-order valence-corrected chi connectivity index (χ0v) is 23.2. The van der Waals surface area contributed by atoms with E-state index in [1.54, 1.807) is 24.3 Å². The third-order valence-electron chi connectivity index (χ3n) is 9.42. The molecule has 1 saturated heterocycles. The van der Waals surface area contributed by atoms with Crippen molar-refractivity contribution in [2.45, 2.75) is 73.6 Å². The van der Waals surface area contributed by atoms with Gasteiger partial charge in [-0.05, 0) is 74.0 Å². The Morgan fingerprint density at radius 3 is 2.49 bits per heavy atom. The number of allylic oxidation sites excluding steroid dienone is 4. The number of amides is 2.